The summed E-state index contributed by atoms with van der Waals surface area (Å²) in [5.41, 5.74) is 1.40. The van der Waals surface area contributed by atoms with E-state index in [2.05, 4.69) is 48.1 Å². The van der Waals surface area contributed by atoms with E-state index in [9.17, 15) is 0 Å². The molecule has 1 aromatic heterocycles. The lowest BCUT2D eigenvalue weighted by Crippen LogP contribution is -2.44. The summed E-state index contributed by atoms with van der Waals surface area (Å²) in [5, 5.41) is 3.44. The molecule has 1 saturated heterocycles. The van der Waals surface area contributed by atoms with Gasteiger partial charge in [-0.25, -0.2) is 4.98 Å². The molecule has 1 N–H and O–H groups in total. The SMILES string of the molecule is CCN(c1ncccc1CC(C)C)C1CCNCC1. The summed E-state index contributed by atoms with van der Waals surface area (Å²) in [6.07, 6.45) is 5.50. The highest BCUT2D eigenvalue weighted by atomic mass is 15.2. The summed E-state index contributed by atoms with van der Waals surface area (Å²) in [6, 6.07) is 4.95. The van der Waals surface area contributed by atoms with E-state index in [0.29, 0.717) is 12.0 Å². The Balaban J connectivity index is 2.21. The van der Waals surface area contributed by atoms with Gasteiger partial charge in [0.25, 0.3) is 0 Å². The second kappa shape index (κ2) is 6.90. The minimum Gasteiger partial charge on any atom is -0.354 e. The predicted molar refractivity (Wildman–Crippen MR) is 81.7 cm³/mol. The molecule has 1 aliphatic rings. The molecule has 0 atom stereocenters. The zero-order valence-corrected chi connectivity index (χ0v) is 12.5. The molecule has 1 aliphatic heterocycles. The number of hydrogen-bond acceptors (Lipinski definition) is 3. The molecular weight excluding hydrogens is 234 g/mol. The first-order chi connectivity index (χ1) is 9.22. The van der Waals surface area contributed by atoms with E-state index in [1.54, 1.807) is 0 Å². The van der Waals surface area contributed by atoms with Crippen molar-refractivity contribution >= 4 is 5.82 Å². The van der Waals surface area contributed by atoms with Crippen molar-refractivity contribution in [2.45, 2.75) is 46.1 Å². The van der Waals surface area contributed by atoms with E-state index in [-0.39, 0.29) is 0 Å². The fraction of sp³-hybridized carbons (Fsp3) is 0.688. The fourth-order valence-corrected chi connectivity index (χ4v) is 2.99. The summed E-state index contributed by atoms with van der Waals surface area (Å²) >= 11 is 0. The van der Waals surface area contributed by atoms with Crippen molar-refractivity contribution in [1.82, 2.24) is 10.3 Å². The van der Waals surface area contributed by atoms with Crippen LogP contribution < -0.4 is 10.2 Å². The quantitative estimate of drug-likeness (QED) is 0.883. The lowest BCUT2D eigenvalue weighted by molar-refractivity contribution is 0.430. The van der Waals surface area contributed by atoms with Crippen LogP contribution in [0.4, 0.5) is 5.82 Å². The van der Waals surface area contributed by atoms with Crippen molar-refractivity contribution in [3.8, 4) is 0 Å². The van der Waals surface area contributed by atoms with Crippen molar-refractivity contribution < 1.29 is 0 Å². The van der Waals surface area contributed by atoms with Crippen LogP contribution in [0.3, 0.4) is 0 Å². The second-order valence-corrected chi connectivity index (χ2v) is 5.85. The summed E-state index contributed by atoms with van der Waals surface area (Å²) in [5.74, 6) is 1.89. The van der Waals surface area contributed by atoms with Crippen LogP contribution in [-0.2, 0) is 6.42 Å². The first-order valence-corrected chi connectivity index (χ1v) is 7.63. The third-order valence-electron chi connectivity index (χ3n) is 3.86. The maximum Gasteiger partial charge on any atom is 0.131 e. The minimum atomic E-state index is 0.645. The highest BCUT2D eigenvalue weighted by molar-refractivity contribution is 5.48. The number of anilines is 1. The Hall–Kier alpha value is -1.09. The molecule has 1 aromatic rings. The van der Waals surface area contributed by atoms with E-state index < -0.39 is 0 Å². The monoisotopic (exact) mass is 261 g/mol. The largest absolute Gasteiger partial charge is 0.354 e. The van der Waals surface area contributed by atoms with Gasteiger partial charge in [0.2, 0.25) is 0 Å². The van der Waals surface area contributed by atoms with E-state index in [1.165, 1.54) is 24.2 Å². The average Bonchev–Trinajstić information content (AvgIpc) is 2.42. The molecule has 2 heterocycles. The van der Waals surface area contributed by atoms with Gasteiger partial charge < -0.3 is 10.2 Å². The summed E-state index contributed by atoms with van der Waals surface area (Å²) in [6.45, 7) is 10.1. The van der Waals surface area contributed by atoms with Gasteiger partial charge in [-0.15, -0.1) is 0 Å². The number of piperidine rings is 1. The normalized spacial score (nSPS) is 16.8. The van der Waals surface area contributed by atoms with Crippen LogP contribution in [0.5, 0.6) is 0 Å². The van der Waals surface area contributed by atoms with Gasteiger partial charge in [0.05, 0.1) is 0 Å². The first-order valence-electron chi connectivity index (χ1n) is 7.63. The minimum absolute atomic E-state index is 0.645. The van der Waals surface area contributed by atoms with Gasteiger partial charge in [0, 0.05) is 18.8 Å². The van der Waals surface area contributed by atoms with E-state index in [1.807, 2.05) is 6.20 Å². The molecule has 0 spiro atoms. The number of nitrogens with zero attached hydrogens (tertiary/aromatic N) is 2. The average molecular weight is 261 g/mol. The molecule has 0 aromatic carbocycles. The van der Waals surface area contributed by atoms with Gasteiger partial charge in [0.1, 0.15) is 5.82 Å². The fourth-order valence-electron chi connectivity index (χ4n) is 2.99. The van der Waals surface area contributed by atoms with Crippen LogP contribution in [0, 0.1) is 5.92 Å². The smallest absolute Gasteiger partial charge is 0.131 e. The molecule has 19 heavy (non-hydrogen) atoms. The zero-order valence-electron chi connectivity index (χ0n) is 12.5. The van der Waals surface area contributed by atoms with Gasteiger partial charge in [0.15, 0.2) is 0 Å². The first kappa shape index (κ1) is 14.3. The van der Waals surface area contributed by atoms with Crippen molar-refractivity contribution in [1.29, 1.82) is 0 Å². The van der Waals surface area contributed by atoms with Crippen molar-refractivity contribution in [3.63, 3.8) is 0 Å². The van der Waals surface area contributed by atoms with E-state index >= 15 is 0 Å². The van der Waals surface area contributed by atoms with E-state index in [0.717, 1.165) is 26.1 Å². The van der Waals surface area contributed by atoms with E-state index in [4.69, 9.17) is 0 Å². The van der Waals surface area contributed by atoms with Gasteiger partial charge in [-0.3, -0.25) is 0 Å². The molecule has 3 heteroatoms. The summed E-state index contributed by atoms with van der Waals surface area (Å²) in [7, 11) is 0. The van der Waals surface area contributed by atoms with Crippen molar-refractivity contribution in [3.05, 3.63) is 23.9 Å². The Morgan fingerprint density at radius 2 is 2.11 bits per heavy atom. The van der Waals surface area contributed by atoms with Crippen LogP contribution in [-0.4, -0.2) is 30.7 Å². The number of pyridine rings is 1. The molecular formula is C16H27N3. The Labute approximate surface area is 117 Å². The predicted octanol–water partition coefficient (Wildman–Crippen LogP) is 2.86. The molecule has 0 aliphatic carbocycles. The highest BCUT2D eigenvalue weighted by Gasteiger charge is 2.22. The maximum absolute atomic E-state index is 4.68. The molecule has 0 amide bonds. The number of rotatable bonds is 5. The molecule has 0 bridgehead atoms. The number of nitrogens with one attached hydrogen (secondary N) is 1. The third kappa shape index (κ3) is 3.69. The topological polar surface area (TPSA) is 28.2 Å². The molecule has 2 rings (SSSR count). The highest BCUT2D eigenvalue weighted by Crippen LogP contribution is 2.25. The zero-order chi connectivity index (χ0) is 13.7. The van der Waals surface area contributed by atoms with Gasteiger partial charge in [-0.2, -0.15) is 0 Å². The van der Waals surface area contributed by atoms with Crippen LogP contribution >= 0.6 is 0 Å². The molecule has 1 fully saturated rings. The summed E-state index contributed by atoms with van der Waals surface area (Å²) in [4.78, 5) is 7.20. The van der Waals surface area contributed by atoms with Crippen LogP contribution in [0.2, 0.25) is 0 Å². The Kier molecular flexibility index (Phi) is 5.20. The second-order valence-electron chi connectivity index (χ2n) is 5.85. The summed E-state index contributed by atoms with van der Waals surface area (Å²) < 4.78 is 0. The Bertz CT molecular complexity index is 383. The molecule has 0 saturated carbocycles. The standard InChI is InChI=1S/C16H27N3/c1-4-19(15-7-10-17-11-8-15)16-14(12-13(2)3)6-5-9-18-16/h5-6,9,13,15,17H,4,7-8,10-12H2,1-3H3. The third-order valence-corrected chi connectivity index (χ3v) is 3.86. The van der Waals surface area contributed by atoms with Crippen molar-refractivity contribution in [2.75, 3.05) is 24.5 Å². The van der Waals surface area contributed by atoms with Gasteiger partial charge >= 0.3 is 0 Å². The van der Waals surface area contributed by atoms with Crippen LogP contribution in [0.1, 0.15) is 39.2 Å². The number of aromatic nitrogens is 1. The van der Waals surface area contributed by atoms with Crippen LogP contribution in [0.15, 0.2) is 18.3 Å². The maximum atomic E-state index is 4.68. The molecule has 0 unspecified atom stereocenters. The lowest BCUT2D eigenvalue weighted by atomic mass is 10.0. The van der Waals surface area contributed by atoms with Crippen LogP contribution in [0.25, 0.3) is 0 Å². The van der Waals surface area contributed by atoms with Crippen molar-refractivity contribution in [2.24, 2.45) is 5.92 Å². The molecule has 0 radical (unpaired) electrons. The lowest BCUT2D eigenvalue weighted by Gasteiger charge is -2.36. The van der Waals surface area contributed by atoms with Gasteiger partial charge in [-0.05, 0) is 56.8 Å². The van der Waals surface area contributed by atoms with Gasteiger partial charge in [-0.1, -0.05) is 19.9 Å². The molecule has 106 valence electrons. The number of hydrogen-bond donors (Lipinski definition) is 1. The molecule has 3 nitrogen and oxygen atoms in total. The Morgan fingerprint density at radius 3 is 2.74 bits per heavy atom. The Morgan fingerprint density at radius 1 is 1.37 bits per heavy atom.